The van der Waals surface area contributed by atoms with Crippen LogP contribution < -0.4 is 15.5 Å². The third kappa shape index (κ3) is 3.64. The van der Waals surface area contributed by atoms with Gasteiger partial charge in [0.2, 0.25) is 5.95 Å². The number of amides is 2. The van der Waals surface area contributed by atoms with E-state index in [1.165, 1.54) is 36.7 Å². The molecule has 0 aliphatic carbocycles. The molecule has 104 valence electrons. The highest BCUT2D eigenvalue weighted by molar-refractivity contribution is 5.99. The summed E-state index contributed by atoms with van der Waals surface area (Å²) >= 11 is 0. The number of hydrogen-bond acceptors (Lipinski definition) is 4. The Labute approximate surface area is 115 Å². The SMILES string of the molecule is CN(C)c1ncc(NC(=O)Nc2ccc(F)cc2)cn1. The molecule has 1 aromatic heterocycles. The molecule has 0 bridgehead atoms. The molecule has 6 nitrogen and oxygen atoms in total. The van der Waals surface area contributed by atoms with Crippen molar-refractivity contribution in [3.63, 3.8) is 0 Å². The van der Waals surface area contributed by atoms with Gasteiger partial charge in [-0.25, -0.2) is 19.2 Å². The van der Waals surface area contributed by atoms with Crippen LogP contribution in [0.3, 0.4) is 0 Å². The van der Waals surface area contributed by atoms with E-state index in [-0.39, 0.29) is 5.82 Å². The van der Waals surface area contributed by atoms with Gasteiger partial charge in [0.1, 0.15) is 5.82 Å². The van der Waals surface area contributed by atoms with Gasteiger partial charge in [-0.05, 0) is 24.3 Å². The normalized spacial score (nSPS) is 9.95. The summed E-state index contributed by atoms with van der Waals surface area (Å²) in [4.78, 5) is 21.6. The summed E-state index contributed by atoms with van der Waals surface area (Å²) in [5, 5.41) is 5.16. The Morgan fingerprint density at radius 3 is 2.15 bits per heavy atom. The lowest BCUT2D eigenvalue weighted by Crippen LogP contribution is -2.20. The first-order chi connectivity index (χ1) is 9.54. The molecule has 1 heterocycles. The Balaban J connectivity index is 1.95. The molecule has 1 aromatic carbocycles. The highest BCUT2D eigenvalue weighted by Crippen LogP contribution is 2.10. The summed E-state index contributed by atoms with van der Waals surface area (Å²) < 4.78 is 12.7. The van der Waals surface area contributed by atoms with Crippen LogP contribution in [0.1, 0.15) is 0 Å². The van der Waals surface area contributed by atoms with E-state index in [4.69, 9.17) is 0 Å². The van der Waals surface area contributed by atoms with Gasteiger partial charge >= 0.3 is 6.03 Å². The smallest absolute Gasteiger partial charge is 0.323 e. The minimum absolute atomic E-state index is 0.358. The van der Waals surface area contributed by atoms with Crippen LogP contribution in [0.15, 0.2) is 36.7 Å². The van der Waals surface area contributed by atoms with Crippen LogP contribution in [0, 0.1) is 5.82 Å². The van der Waals surface area contributed by atoms with Crippen LogP contribution in [0.4, 0.5) is 26.5 Å². The number of hydrogen-bond donors (Lipinski definition) is 2. The Hall–Kier alpha value is -2.70. The molecule has 7 heteroatoms. The Morgan fingerprint density at radius 2 is 1.60 bits per heavy atom. The summed E-state index contributed by atoms with van der Waals surface area (Å²) in [6.07, 6.45) is 3.01. The fourth-order valence-corrected chi connectivity index (χ4v) is 1.44. The predicted molar refractivity (Wildman–Crippen MR) is 75.4 cm³/mol. The number of carbonyl (C=O) groups is 1. The molecular formula is C13H14FN5O. The fourth-order valence-electron chi connectivity index (χ4n) is 1.44. The molecule has 2 N–H and O–H groups in total. The van der Waals surface area contributed by atoms with Gasteiger partial charge in [0, 0.05) is 19.8 Å². The second kappa shape index (κ2) is 5.96. The molecule has 2 rings (SSSR count). The number of nitrogens with one attached hydrogen (secondary N) is 2. The lowest BCUT2D eigenvalue weighted by molar-refractivity contribution is 0.262. The van der Waals surface area contributed by atoms with Gasteiger partial charge in [-0.15, -0.1) is 0 Å². The van der Waals surface area contributed by atoms with E-state index in [0.717, 1.165) is 0 Å². The number of rotatable bonds is 3. The van der Waals surface area contributed by atoms with Crippen LogP contribution >= 0.6 is 0 Å². The number of aromatic nitrogens is 2. The molecule has 2 amide bonds. The van der Waals surface area contributed by atoms with Crippen LogP contribution in [0.5, 0.6) is 0 Å². The first-order valence-corrected chi connectivity index (χ1v) is 5.87. The van der Waals surface area contributed by atoms with E-state index in [0.29, 0.717) is 17.3 Å². The van der Waals surface area contributed by atoms with Gasteiger partial charge in [0.05, 0.1) is 18.1 Å². The molecule has 0 unspecified atom stereocenters. The van der Waals surface area contributed by atoms with Gasteiger partial charge in [0.15, 0.2) is 0 Å². The van der Waals surface area contributed by atoms with Gasteiger partial charge in [-0.1, -0.05) is 0 Å². The molecule has 0 atom stereocenters. The lowest BCUT2D eigenvalue weighted by atomic mass is 10.3. The zero-order valence-electron chi connectivity index (χ0n) is 11.1. The first-order valence-electron chi connectivity index (χ1n) is 5.87. The molecule has 0 spiro atoms. The zero-order valence-corrected chi connectivity index (χ0v) is 11.1. The molecule has 0 fully saturated rings. The number of carbonyl (C=O) groups excluding carboxylic acids is 1. The Kier molecular flexibility index (Phi) is 4.09. The van der Waals surface area contributed by atoms with Crippen molar-refractivity contribution in [2.24, 2.45) is 0 Å². The summed E-state index contributed by atoms with van der Waals surface area (Å²) in [6.45, 7) is 0. The van der Waals surface area contributed by atoms with Crippen molar-refractivity contribution < 1.29 is 9.18 Å². The molecule has 0 saturated carbocycles. The van der Waals surface area contributed by atoms with Crippen molar-refractivity contribution in [1.29, 1.82) is 0 Å². The summed E-state index contributed by atoms with van der Waals surface area (Å²) in [7, 11) is 3.65. The monoisotopic (exact) mass is 275 g/mol. The van der Waals surface area contributed by atoms with Crippen molar-refractivity contribution in [2.75, 3.05) is 29.6 Å². The van der Waals surface area contributed by atoms with E-state index < -0.39 is 6.03 Å². The molecular weight excluding hydrogens is 261 g/mol. The molecule has 20 heavy (non-hydrogen) atoms. The standard InChI is InChI=1S/C13H14FN5O/c1-19(2)12-15-7-11(8-16-12)18-13(20)17-10-5-3-9(14)4-6-10/h3-8H,1-2H3,(H2,17,18,20). The van der Waals surface area contributed by atoms with E-state index >= 15 is 0 Å². The third-order valence-corrected chi connectivity index (χ3v) is 2.40. The average molecular weight is 275 g/mol. The largest absolute Gasteiger partial charge is 0.347 e. The molecule has 0 aliphatic heterocycles. The van der Waals surface area contributed by atoms with Crippen molar-refractivity contribution in [3.05, 3.63) is 42.5 Å². The van der Waals surface area contributed by atoms with E-state index in [2.05, 4.69) is 20.6 Å². The predicted octanol–water partition coefficient (Wildman–Crippen LogP) is 2.33. The Bertz CT molecular complexity index is 583. The van der Waals surface area contributed by atoms with Crippen LogP contribution in [-0.2, 0) is 0 Å². The lowest BCUT2D eigenvalue weighted by Gasteiger charge is -2.10. The van der Waals surface area contributed by atoms with Crippen LogP contribution in [0.2, 0.25) is 0 Å². The number of nitrogens with zero attached hydrogens (tertiary/aromatic N) is 3. The minimum atomic E-state index is -0.446. The topological polar surface area (TPSA) is 70.2 Å². The second-order valence-corrected chi connectivity index (χ2v) is 4.25. The quantitative estimate of drug-likeness (QED) is 0.902. The number of halogens is 1. The maximum atomic E-state index is 12.7. The summed E-state index contributed by atoms with van der Waals surface area (Å²) in [5.74, 6) is 0.193. The van der Waals surface area contributed by atoms with Crippen LogP contribution in [-0.4, -0.2) is 30.1 Å². The summed E-state index contributed by atoms with van der Waals surface area (Å²) in [6, 6.07) is 5.04. The average Bonchev–Trinajstić information content (AvgIpc) is 2.42. The van der Waals surface area contributed by atoms with Gasteiger partial charge in [0.25, 0.3) is 0 Å². The van der Waals surface area contributed by atoms with Crippen LogP contribution in [0.25, 0.3) is 0 Å². The highest BCUT2D eigenvalue weighted by Gasteiger charge is 2.04. The van der Waals surface area contributed by atoms with Crippen molar-refractivity contribution in [1.82, 2.24) is 9.97 Å². The maximum absolute atomic E-state index is 12.7. The highest BCUT2D eigenvalue weighted by atomic mass is 19.1. The van der Waals surface area contributed by atoms with Crippen molar-refractivity contribution >= 4 is 23.4 Å². The molecule has 2 aromatic rings. The van der Waals surface area contributed by atoms with Crippen molar-refractivity contribution in [3.8, 4) is 0 Å². The fraction of sp³-hybridized carbons (Fsp3) is 0.154. The van der Waals surface area contributed by atoms with E-state index in [1.54, 1.807) is 4.90 Å². The van der Waals surface area contributed by atoms with Crippen molar-refractivity contribution in [2.45, 2.75) is 0 Å². The van der Waals surface area contributed by atoms with Gasteiger partial charge in [-0.3, -0.25) is 0 Å². The zero-order chi connectivity index (χ0) is 14.5. The maximum Gasteiger partial charge on any atom is 0.323 e. The first kappa shape index (κ1) is 13.7. The van der Waals surface area contributed by atoms with E-state index in [9.17, 15) is 9.18 Å². The van der Waals surface area contributed by atoms with Gasteiger partial charge < -0.3 is 15.5 Å². The third-order valence-electron chi connectivity index (χ3n) is 2.40. The summed E-state index contributed by atoms with van der Waals surface area (Å²) in [5.41, 5.74) is 0.963. The number of urea groups is 1. The van der Waals surface area contributed by atoms with E-state index in [1.807, 2.05) is 14.1 Å². The number of anilines is 3. The van der Waals surface area contributed by atoms with Gasteiger partial charge in [-0.2, -0.15) is 0 Å². The molecule has 0 saturated heterocycles. The number of benzene rings is 1. The molecule has 0 radical (unpaired) electrons. The second-order valence-electron chi connectivity index (χ2n) is 4.25. The Morgan fingerprint density at radius 1 is 1.05 bits per heavy atom. The minimum Gasteiger partial charge on any atom is -0.347 e. The molecule has 0 aliphatic rings.